The number of hydrogen-bond donors (Lipinski definition) is 0. The van der Waals surface area contributed by atoms with Crippen molar-refractivity contribution in [3.05, 3.63) is 0 Å². The molecule has 0 bridgehead atoms. The van der Waals surface area contributed by atoms with Gasteiger partial charge in [0.2, 0.25) is 0 Å². The molecule has 0 N–H and O–H groups in total. The van der Waals surface area contributed by atoms with Crippen molar-refractivity contribution >= 4 is 0 Å². The summed E-state index contributed by atoms with van der Waals surface area (Å²) in [6.45, 7) is 23.5. The average Bonchev–Trinajstić information content (AvgIpc) is 2.25. The highest BCUT2D eigenvalue weighted by Gasteiger charge is 2.42. The number of rotatable bonds is 8. The van der Waals surface area contributed by atoms with Gasteiger partial charge < -0.3 is 9.47 Å². The maximum atomic E-state index is 6.16. The molecule has 0 amide bonds. The highest BCUT2D eigenvalue weighted by atomic mass is 16.5. The zero-order chi connectivity index (χ0) is 15.5. The lowest BCUT2D eigenvalue weighted by Gasteiger charge is -2.46. The van der Waals surface area contributed by atoms with Crippen LogP contribution < -0.4 is 0 Å². The zero-order valence-corrected chi connectivity index (χ0v) is 14.9. The summed E-state index contributed by atoms with van der Waals surface area (Å²) in [5, 5.41) is 0. The predicted octanol–water partition coefficient (Wildman–Crippen LogP) is 4.92. The fraction of sp³-hybridized carbons (Fsp3) is 1.00. The van der Waals surface area contributed by atoms with E-state index in [9.17, 15) is 0 Å². The van der Waals surface area contributed by atoms with E-state index in [0.717, 1.165) is 13.2 Å². The smallest absolute Gasteiger partial charge is 0.0680 e. The van der Waals surface area contributed by atoms with Gasteiger partial charge in [0, 0.05) is 6.61 Å². The maximum absolute atomic E-state index is 6.16. The van der Waals surface area contributed by atoms with Gasteiger partial charge in [-0.1, -0.05) is 34.6 Å². The summed E-state index contributed by atoms with van der Waals surface area (Å²) in [6.07, 6.45) is 0. The summed E-state index contributed by atoms with van der Waals surface area (Å²) in [5.41, 5.74) is -0.150. The minimum absolute atomic E-state index is 0.0655. The van der Waals surface area contributed by atoms with Crippen LogP contribution in [0.5, 0.6) is 0 Å². The third-order valence-electron chi connectivity index (χ3n) is 5.38. The van der Waals surface area contributed by atoms with Crippen molar-refractivity contribution in [2.24, 2.45) is 17.3 Å². The molecule has 19 heavy (non-hydrogen) atoms. The van der Waals surface area contributed by atoms with Crippen molar-refractivity contribution in [1.29, 1.82) is 0 Å². The molecule has 0 rings (SSSR count). The standard InChI is InChI=1S/C17H36O2/c1-11-18-17(9,10)15(5,6)14(4)12-19-16(7,8)13(2)3/h13-14H,11-12H2,1-10H3. The fourth-order valence-electron chi connectivity index (χ4n) is 1.86. The molecule has 1 atom stereocenters. The Balaban J connectivity index is 4.69. The van der Waals surface area contributed by atoms with Crippen LogP contribution in [0.2, 0.25) is 0 Å². The zero-order valence-electron chi connectivity index (χ0n) is 14.9. The molecule has 0 saturated carbocycles. The Morgan fingerprint density at radius 1 is 0.842 bits per heavy atom. The van der Waals surface area contributed by atoms with Crippen LogP contribution in [0.1, 0.15) is 69.2 Å². The quantitative estimate of drug-likeness (QED) is 0.624. The second-order valence-electron chi connectivity index (χ2n) is 7.64. The monoisotopic (exact) mass is 272 g/mol. The summed E-state index contributed by atoms with van der Waals surface area (Å²) in [4.78, 5) is 0. The molecule has 2 heteroatoms. The van der Waals surface area contributed by atoms with E-state index in [1.165, 1.54) is 0 Å². The second kappa shape index (κ2) is 6.58. The lowest BCUT2D eigenvalue weighted by Crippen LogP contribution is -2.48. The molecule has 0 radical (unpaired) electrons. The van der Waals surface area contributed by atoms with Gasteiger partial charge in [-0.05, 0) is 51.9 Å². The van der Waals surface area contributed by atoms with Crippen molar-refractivity contribution in [1.82, 2.24) is 0 Å². The van der Waals surface area contributed by atoms with Crippen LogP contribution in [0.25, 0.3) is 0 Å². The summed E-state index contributed by atoms with van der Waals surface area (Å²) in [7, 11) is 0. The van der Waals surface area contributed by atoms with E-state index >= 15 is 0 Å². The van der Waals surface area contributed by atoms with E-state index in [2.05, 4.69) is 69.2 Å². The number of ether oxygens (including phenoxy) is 2. The van der Waals surface area contributed by atoms with Crippen LogP contribution in [0.15, 0.2) is 0 Å². The first-order valence-corrected chi connectivity index (χ1v) is 7.66. The van der Waals surface area contributed by atoms with Crippen LogP contribution in [0, 0.1) is 17.3 Å². The van der Waals surface area contributed by atoms with E-state index in [-0.39, 0.29) is 16.6 Å². The van der Waals surface area contributed by atoms with Crippen molar-refractivity contribution in [2.75, 3.05) is 13.2 Å². The van der Waals surface area contributed by atoms with Gasteiger partial charge in [0.25, 0.3) is 0 Å². The van der Waals surface area contributed by atoms with Crippen LogP contribution in [-0.4, -0.2) is 24.4 Å². The molecule has 0 saturated heterocycles. The van der Waals surface area contributed by atoms with Crippen LogP contribution in [0.4, 0.5) is 0 Å². The van der Waals surface area contributed by atoms with Crippen molar-refractivity contribution in [3.63, 3.8) is 0 Å². The molecule has 0 aliphatic rings. The summed E-state index contributed by atoms with van der Waals surface area (Å²) < 4.78 is 12.1. The molecule has 0 spiro atoms. The maximum Gasteiger partial charge on any atom is 0.0680 e. The van der Waals surface area contributed by atoms with Crippen molar-refractivity contribution in [2.45, 2.75) is 80.4 Å². The molecule has 0 fully saturated rings. The minimum atomic E-state index is -0.146. The first kappa shape index (κ1) is 18.9. The molecule has 116 valence electrons. The molecule has 1 unspecified atom stereocenters. The van der Waals surface area contributed by atoms with E-state index < -0.39 is 0 Å². The second-order valence-corrected chi connectivity index (χ2v) is 7.64. The van der Waals surface area contributed by atoms with Gasteiger partial charge >= 0.3 is 0 Å². The Bertz CT molecular complexity index is 264. The Morgan fingerprint density at radius 3 is 1.68 bits per heavy atom. The molecular weight excluding hydrogens is 236 g/mol. The van der Waals surface area contributed by atoms with Crippen molar-refractivity contribution in [3.8, 4) is 0 Å². The third kappa shape index (κ3) is 4.75. The largest absolute Gasteiger partial charge is 0.375 e. The van der Waals surface area contributed by atoms with Gasteiger partial charge in [-0.3, -0.25) is 0 Å². The topological polar surface area (TPSA) is 18.5 Å². The summed E-state index contributed by atoms with van der Waals surface area (Å²) in [5.74, 6) is 0.954. The average molecular weight is 272 g/mol. The highest BCUT2D eigenvalue weighted by molar-refractivity contribution is 4.91. The van der Waals surface area contributed by atoms with E-state index in [0.29, 0.717) is 11.8 Å². The van der Waals surface area contributed by atoms with Crippen LogP contribution in [0.3, 0.4) is 0 Å². The first-order valence-electron chi connectivity index (χ1n) is 7.66. The Morgan fingerprint density at radius 2 is 1.32 bits per heavy atom. The third-order valence-corrected chi connectivity index (χ3v) is 5.38. The van der Waals surface area contributed by atoms with Gasteiger partial charge in [-0.25, -0.2) is 0 Å². The number of hydrogen-bond acceptors (Lipinski definition) is 2. The molecule has 0 aromatic rings. The summed E-state index contributed by atoms with van der Waals surface area (Å²) in [6, 6.07) is 0. The lowest BCUT2D eigenvalue weighted by atomic mass is 9.68. The van der Waals surface area contributed by atoms with E-state index in [1.54, 1.807) is 0 Å². The molecule has 2 nitrogen and oxygen atoms in total. The highest BCUT2D eigenvalue weighted by Crippen LogP contribution is 2.41. The van der Waals surface area contributed by atoms with Crippen molar-refractivity contribution < 1.29 is 9.47 Å². The Kier molecular flexibility index (Phi) is 6.55. The summed E-state index contributed by atoms with van der Waals surface area (Å²) >= 11 is 0. The normalized spacial score (nSPS) is 15.9. The van der Waals surface area contributed by atoms with Crippen LogP contribution in [-0.2, 0) is 9.47 Å². The molecule has 0 aromatic heterocycles. The van der Waals surface area contributed by atoms with Gasteiger partial charge in [-0.15, -0.1) is 0 Å². The molecule has 0 aliphatic heterocycles. The van der Waals surface area contributed by atoms with Gasteiger partial charge in [0.05, 0.1) is 17.8 Å². The fourth-order valence-corrected chi connectivity index (χ4v) is 1.86. The SMILES string of the molecule is CCOC(C)(C)C(C)(C)C(C)COC(C)(C)C(C)C. The Labute approximate surface area is 121 Å². The predicted molar refractivity (Wildman–Crippen MR) is 83.5 cm³/mol. The minimum Gasteiger partial charge on any atom is -0.375 e. The molecular formula is C17H36O2. The van der Waals surface area contributed by atoms with Crippen LogP contribution >= 0.6 is 0 Å². The lowest BCUT2D eigenvalue weighted by molar-refractivity contribution is -0.142. The van der Waals surface area contributed by atoms with Gasteiger partial charge in [-0.2, -0.15) is 0 Å². The Hall–Kier alpha value is -0.0800. The van der Waals surface area contributed by atoms with E-state index in [1.807, 2.05) is 0 Å². The van der Waals surface area contributed by atoms with Gasteiger partial charge in [0.15, 0.2) is 0 Å². The van der Waals surface area contributed by atoms with Gasteiger partial charge in [0.1, 0.15) is 0 Å². The first-order chi connectivity index (χ1) is 8.38. The molecule has 0 aromatic carbocycles. The molecule has 0 heterocycles. The van der Waals surface area contributed by atoms with E-state index in [4.69, 9.17) is 9.47 Å². The molecule has 0 aliphatic carbocycles.